The van der Waals surface area contributed by atoms with Crippen LogP contribution < -0.4 is 5.32 Å². The lowest BCUT2D eigenvalue weighted by Gasteiger charge is -2.07. The van der Waals surface area contributed by atoms with Crippen LogP contribution in [0.5, 0.6) is 0 Å². The summed E-state index contributed by atoms with van der Waals surface area (Å²) in [5.41, 5.74) is 0.304. The van der Waals surface area contributed by atoms with E-state index >= 15 is 0 Å². The van der Waals surface area contributed by atoms with Gasteiger partial charge in [0.1, 0.15) is 0 Å². The molecule has 0 radical (unpaired) electrons. The summed E-state index contributed by atoms with van der Waals surface area (Å²) in [6.07, 6.45) is 1.68. The Morgan fingerprint density at radius 1 is 1.24 bits per heavy atom. The second-order valence-electron chi connectivity index (χ2n) is 5.09. The number of hydrogen-bond donors (Lipinski definition) is 1. The van der Waals surface area contributed by atoms with Gasteiger partial charge in [0.15, 0.2) is 0 Å². The molecule has 0 unspecified atom stereocenters. The predicted octanol–water partition coefficient (Wildman–Crippen LogP) is 4.01. The van der Waals surface area contributed by atoms with E-state index in [4.69, 9.17) is 0 Å². The van der Waals surface area contributed by atoms with Gasteiger partial charge >= 0.3 is 5.69 Å². The van der Waals surface area contributed by atoms with E-state index in [1.54, 1.807) is 6.20 Å². The fourth-order valence-corrected chi connectivity index (χ4v) is 3.10. The molecule has 6 nitrogen and oxygen atoms in total. The number of hydrogen-bond acceptors (Lipinski definition) is 5. The first-order valence-corrected chi connectivity index (χ1v) is 8.23. The Hall–Kier alpha value is -3.00. The Kier molecular flexibility index (Phi) is 4.90. The van der Waals surface area contributed by atoms with E-state index in [-0.39, 0.29) is 17.3 Å². The molecule has 0 aliphatic heterocycles. The van der Waals surface area contributed by atoms with Gasteiger partial charge in [-0.05, 0) is 24.3 Å². The zero-order valence-electron chi connectivity index (χ0n) is 12.8. The largest absolute Gasteiger partial charge is 0.325 e. The van der Waals surface area contributed by atoms with E-state index in [1.165, 1.54) is 17.8 Å². The first kappa shape index (κ1) is 16.8. The number of aromatic nitrogens is 1. The molecule has 3 rings (SSSR count). The highest BCUT2D eigenvalue weighted by Gasteiger charge is 2.15. The molecule has 2 aromatic carbocycles. The van der Waals surface area contributed by atoms with Crippen molar-refractivity contribution in [3.05, 3.63) is 70.7 Å². The summed E-state index contributed by atoms with van der Waals surface area (Å²) in [4.78, 5) is 27.2. The second-order valence-corrected chi connectivity index (χ2v) is 6.11. The molecule has 126 valence electrons. The SMILES string of the molecule is O=C(CSc1cccc2cccnc12)Nc1ccc(F)c([N+](=O)[O-])c1. The number of nitrogens with zero attached hydrogens (tertiary/aromatic N) is 2. The van der Waals surface area contributed by atoms with Crippen LogP contribution in [0.2, 0.25) is 0 Å². The van der Waals surface area contributed by atoms with Gasteiger partial charge in [-0.15, -0.1) is 11.8 Å². The van der Waals surface area contributed by atoms with Gasteiger partial charge in [-0.3, -0.25) is 19.9 Å². The van der Waals surface area contributed by atoms with E-state index in [1.807, 2.05) is 30.3 Å². The first-order chi connectivity index (χ1) is 12.0. The summed E-state index contributed by atoms with van der Waals surface area (Å²) < 4.78 is 13.3. The van der Waals surface area contributed by atoms with Crippen LogP contribution in [-0.4, -0.2) is 21.6 Å². The minimum atomic E-state index is -0.945. The summed E-state index contributed by atoms with van der Waals surface area (Å²) in [5.74, 6) is -1.20. The maximum absolute atomic E-state index is 13.3. The lowest BCUT2D eigenvalue weighted by atomic mass is 10.2. The van der Waals surface area contributed by atoms with Gasteiger partial charge in [-0.25, -0.2) is 0 Å². The summed E-state index contributed by atoms with van der Waals surface area (Å²) in [6.45, 7) is 0. The molecular formula is C17H12FN3O3S. The Balaban J connectivity index is 1.69. The van der Waals surface area contributed by atoms with Gasteiger partial charge in [-0.2, -0.15) is 4.39 Å². The molecule has 0 saturated heterocycles. The molecule has 1 N–H and O–H groups in total. The number of rotatable bonds is 5. The Bertz CT molecular complexity index is 960. The number of thioether (sulfide) groups is 1. The zero-order valence-corrected chi connectivity index (χ0v) is 13.6. The number of carbonyl (C=O) groups is 1. The van der Waals surface area contributed by atoms with Gasteiger partial charge in [0.2, 0.25) is 11.7 Å². The number of pyridine rings is 1. The van der Waals surface area contributed by atoms with Crippen LogP contribution in [-0.2, 0) is 4.79 Å². The van der Waals surface area contributed by atoms with Crippen LogP contribution in [0.4, 0.5) is 15.8 Å². The standard InChI is InChI=1S/C17H12FN3O3S/c18-13-7-6-12(9-14(13)21(23)24)20-16(22)10-25-15-5-1-3-11-4-2-8-19-17(11)15/h1-9H,10H2,(H,20,22). The molecule has 25 heavy (non-hydrogen) atoms. The monoisotopic (exact) mass is 357 g/mol. The highest BCUT2D eigenvalue weighted by Crippen LogP contribution is 2.26. The van der Waals surface area contributed by atoms with Gasteiger partial charge in [0, 0.05) is 28.2 Å². The fraction of sp³-hybridized carbons (Fsp3) is 0.0588. The molecule has 0 spiro atoms. The van der Waals surface area contributed by atoms with Crippen LogP contribution >= 0.6 is 11.8 Å². The van der Waals surface area contributed by atoms with Crippen LogP contribution in [0.25, 0.3) is 10.9 Å². The van der Waals surface area contributed by atoms with E-state index in [0.29, 0.717) is 0 Å². The smallest absolute Gasteiger partial charge is 0.306 e. The van der Waals surface area contributed by atoms with Crippen LogP contribution in [0.3, 0.4) is 0 Å². The summed E-state index contributed by atoms with van der Waals surface area (Å²) in [6, 6.07) is 12.7. The number of amides is 1. The van der Waals surface area contributed by atoms with Crippen molar-refractivity contribution in [3.63, 3.8) is 0 Å². The number of benzene rings is 2. The van der Waals surface area contributed by atoms with E-state index < -0.39 is 16.4 Å². The fourth-order valence-electron chi connectivity index (χ4n) is 2.26. The minimum Gasteiger partial charge on any atom is -0.325 e. The van der Waals surface area contributed by atoms with Gasteiger partial charge in [0.05, 0.1) is 16.2 Å². The summed E-state index contributed by atoms with van der Waals surface area (Å²) >= 11 is 1.31. The number of fused-ring (bicyclic) bond motifs is 1. The van der Waals surface area contributed by atoms with Crippen molar-refractivity contribution >= 4 is 39.9 Å². The van der Waals surface area contributed by atoms with E-state index in [9.17, 15) is 19.3 Å². The lowest BCUT2D eigenvalue weighted by Crippen LogP contribution is -2.14. The Morgan fingerprint density at radius 2 is 2.04 bits per heavy atom. The number of carbonyl (C=O) groups excluding carboxylic acids is 1. The minimum absolute atomic E-state index is 0.0981. The van der Waals surface area contributed by atoms with E-state index in [2.05, 4.69) is 10.3 Å². The average molecular weight is 357 g/mol. The van der Waals surface area contributed by atoms with Crippen molar-refractivity contribution in [2.45, 2.75) is 4.90 Å². The van der Waals surface area contributed by atoms with Crippen molar-refractivity contribution in [3.8, 4) is 0 Å². The third-order valence-electron chi connectivity index (χ3n) is 3.38. The van der Waals surface area contributed by atoms with Crippen LogP contribution in [0.15, 0.2) is 59.6 Å². The lowest BCUT2D eigenvalue weighted by molar-refractivity contribution is -0.387. The topological polar surface area (TPSA) is 85.1 Å². The molecule has 3 aromatic rings. The maximum atomic E-state index is 13.3. The Morgan fingerprint density at radius 3 is 2.84 bits per heavy atom. The van der Waals surface area contributed by atoms with Gasteiger partial charge in [-0.1, -0.05) is 18.2 Å². The molecule has 0 atom stereocenters. The van der Waals surface area contributed by atoms with Gasteiger partial charge < -0.3 is 5.32 Å². The van der Waals surface area contributed by atoms with Gasteiger partial charge in [0.25, 0.3) is 0 Å². The van der Waals surface area contributed by atoms with Crippen molar-refractivity contribution in [1.82, 2.24) is 4.98 Å². The van der Waals surface area contributed by atoms with Crippen molar-refractivity contribution in [2.24, 2.45) is 0 Å². The van der Waals surface area contributed by atoms with Crippen LogP contribution in [0, 0.1) is 15.9 Å². The number of halogens is 1. The molecule has 0 bridgehead atoms. The number of nitrogens with one attached hydrogen (secondary N) is 1. The summed E-state index contributed by atoms with van der Waals surface area (Å²) in [7, 11) is 0. The number of para-hydroxylation sites is 1. The second kappa shape index (κ2) is 7.27. The number of nitro benzene ring substituents is 1. The maximum Gasteiger partial charge on any atom is 0.306 e. The molecule has 1 amide bonds. The van der Waals surface area contributed by atoms with Crippen molar-refractivity contribution in [2.75, 3.05) is 11.1 Å². The van der Waals surface area contributed by atoms with Crippen molar-refractivity contribution < 1.29 is 14.1 Å². The quantitative estimate of drug-likeness (QED) is 0.424. The normalized spacial score (nSPS) is 10.6. The third-order valence-corrected chi connectivity index (χ3v) is 4.43. The molecule has 0 fully saturated rings. The van der Waals surface area contributed by atoms with Crippen LogP contribution in [0.1, 0.15) is 0 Å². The molecule has 1 aromatic heterocycles. The Labute approximate surface area is 146 Å². The predicted molar refractivity (Wildman–Crippen MR) is 94.2 cm³/mol. The molecule has 0 aliphatic carbocycles. The average Bonchev–Trinajstić information content (AvgIpc) is 2.61. The zero-order chi connectivity index (χ0) is 17.8. The first-order valence-electron chi connectivity index (χ1n) is 7.25. The number of nitro groups is 1. The summed E-state index contributed by atoms with van der Waals surface area (Å²) in [5, 5.41) is 14.2. The number of anilines is 1. The third kappa shape index (κ3) is 3.92. The molecule has 0 saturated carbocycles. The van der Waals surface area contributed by atoms with Crippen molar-refractivity contribution in [1.29, 1.82) is 0 Å². The van der Waals surface area contributed by atoms with E-state index in [0.717, 1.165) is 27.9 Å². The molecule has 0 aliphatic rings. The highest BCUT2D eigenvalue weighted by molar-refractivity contribution is 8.00. The highest BCUT2D eigenvalue weighted by atomic mass is 32.2. The molecular weight excluding hydrogens is 345 g/mol. The molecule has 8 heteroatoms. The molecule has 1 heterocycles.